The average molecular weight is 301 g/mol. The van der Waals surface area contributed by atoms with E-state index in [-0.39, 0.29) is 12.5 Å². The molecular formula is C16H13ClN2O2. The number of amides is 1. The van der Waals surface area contributed by atoms with Crippen molar-refractivity contribution < 1.29 is 9.53 Å². The summed E-state index contributed by atoms with van der Waals surface area (Å²) in [5.74, 6) is 0.135. The molecule has 1 amide bonds. The van der Waals surface area contributed by atoms with Crippen molar-refractivity contribution in [3.8, 4) is 11.8 Å². The van der Waals surface area contributed by atoms with E-state index in [9.17, 15) is 4.79 Å². The van der Waals surface area contributed by atoms with Gasteiger partial charge in [0.05, 0.1) is 6.07 Å². The topological polar surface area (TPSA) is 62.1 Å². The third-order valence-electron chi connectivity index (χ3n) is 2.73. The summed E-state index contributed by atoms with van der Waals surface area (Å²) in [5.41, 5.74) is 0.733. The van der Waals surface area contributed by atoms with E-state index in [1.165, 1.54) is 0 Å². The number of benzene rings is 2. The van der Waals surface area contributed by atoms with Crippen LogP contribution in [-0.4, -0.2) is 12.5 Å². The predicted molar refractivity (Wildman–Crippen MR) is 79.9 cm³/mol. The second-order valence-corrected chi connectivity index (χ2v) is 4.72. The molecule has 106 valence electrons. The molecule has 0 spiro atoms. The van der Waals surface area contributed by atoms with Gasteiger partial charge in [0, 0.05) is 5.02 Å². The van der Waals surface area contributed by atoms with Gasteiger partial charge >= 0.3 is 0 Å². The first kappa shape index (κ1) is 14.9. The molecule has 0 radical (unpaired) electrons. The Kier molecular flexibility index (Phi) is 5.19. The van der Waals surface area contributed by atoms with Gasteiger partial charge in [-0.05, 0) is 23.8 Å². The number of halogens is 1. The van der Waals surface area contributed by atoms with E-state index in [1.54, 1.807) is 36.4 Å². The summed E-state index contributed by atoms with van der Waals surface area (Å²) in [4.78, 5) is 11.8. The van der Waals surface area contributed by atoms with Crippen LogP contribution in [0.4, 0.5) is 0 Å². The summed E-state index contributed by atoms with van der Waals surface area (Å²) in [7, 11) is 0. The lowest BCUT2D eigenvalue weighted by Crippen LogP contribution is -2.32. The minimum Gasteiger partial charge on any atom is -0.484 e. The van der Waals surface area contributed by atoms with Gasteiger partial charge < -0.3 is 10.1 Å². The summed E-state index contributed by atoms with van der Waals surface area (Å²) in [5, 5.41) is 12.3. The number of carbonyl (C=O) groups excluding carboxylic acids is 1. The van der Waals surface area contributed by atoms with Crippen LogP contribution in [0.15, 0.2) is 54.6 Å². The highest BCUT2D eigenvalue weighted by Crippen LogP contribution is 2.17. The van der Waals surface area contributed by atoms with Gasteiger partial charge in [0.2, 0.25) is 0 Å². The molecule has 0 bridgehead atoms. The lowest BCUT2D eigenvalue weighted by molar-refractivity contribution is -0.123. The first-order valence-corrected chi connectivity index (χ1v) is 6.69. The lowest BCUT2D eigenvalue weighted by atomic mass is 10.1. The Hall–Kier alpha value is -2.51. The minimum atomic E-state index is -0.693. The maximum atomic E-state index is 11.8. The van der Waals surface area contributed by atoms with Crippen molar-refractivity contribution in [2.24, 2.45) is 0 Å². The van der Waals surface area contributed by atoms with Gasteiger partial charge in [0.1, 0.15) is 11.8 Å². The number of carbonyl (C=O) groups is 1. The van der Waals surface area contributed by atoms with Gasteiger partial charge in [-0.1, -0.05) is 48.0 Å². The Labute approximate surface area is 127 Å². The van der Waals surface area contributed by atoms with Crippen molar-refractivity contribution in [1.29, 1.82) is 5.26 Å². The highest BCUT2D eigenvalue weighted by atomic mass is 35.5. The molecule has 0 heterocycles. The van der Waals surface area contributed by atoms with E-state index in [4.69, 9.17) is 21.6 Å². The minimum absolute atomic E-state index is 0.175. The number of hydrogen-bond acceptors (Lipinski definition) is 3. The summed E-state index contributed by atoms with van der Waals surface area (Å²) in [6.45, 7) is -0.175. The fraction of sp³-hybridized carbons (Fsp3) is 0.125. The molecule has 21 heavy (non-hydrogen) atoms. The fourth-order valence-electron chi connectivity index (χ4n) is 1.74. The molecule has 0 fully saturated rings. The summed E-state index contributed by atoms with van der Waals surface area (Å²) >= 11 is 5.82. The predicted octanol–water partition coefficient (Wildman–Crippen LogP) is 3.10. The van der Waals surface area contributed by atoms with Crippen molar-refractivity contribution in [1.82, 2.24) is 5.32 Å². The molecule has 0 aliphatic heterocycles. The second kappa shape index (κ2) is 7.32. The Morgan fingerprint density at radius 3 is 2.67 bits per heavy atom. The lowest BCUT2D eigenvalue weighted by Gasteiger charge is -2.12. The highest BCUT2D eigenvalue weighted by molar-refractivity contribution is 6.30. The number of nitrogens with one attached hydrogen (secondary N) is 1. The van der Waals surface area contributed by atoms with Crippen LogP contribution in [0.2, 0.25) is 5.02 Å². The molecule has 1 N–H and O–H groups in total. The molecule has 2 aromatic rings. The normalized spacial score (nSPS) is 11.2. The van der Waals surface area contributed by atoms with Crippen LogP contribution >= 0.6 is 11.6 Å². The van der Waals surface area contributed by atoms with Crippen LogP contribution in [0.3, 0.4) is 0 Å². The number of ether oxygens (including phenoxy) is 1. The zero-order chi connectivity index (χ0) is 15.1. The average Bonchev–Trinajstić information content (AvgIpc) is 2.51. The fourth-order valence-corrected chi connectivity index (χ4v) is 1.92. The van der Waals surface area contributed by atoms with Gasteiger partial charge in [-0.3, -0.25) is 4.79 Å². The van der Waals surface area contributed by atoms with Crippen LogP contribution in [0.1, 0.15) is 11.6 Å². The van der Waals surface area contributed by atoms with Crippen molar-refractivity contribution in [3.05, 3.63) is 65.2 Å². The van der Waals surface area contributed by atoms with Crippen molar-refractivity contribution in [2.75, 3.05) is 6.61 Å². The van der Waals surface area contributed by atoms with Gasteiger partial charge in [-0.15, -0.1) is 0 Å². The van der Waals surface area contributed by atoms with Crippen molar-refractivity contribution in [2.45, 2.75) is 6.04 Å². The molecular weight excluding hydrogens is 288 g/mol. The number of nitrogens with zero attached hydrogens (tertiary/aromatic N) is 1. The zero-order valence-electron chi connectivity index (χ0n) is 11.1. The molecule has 0 aromatic heterocycles. The SMILES string of the molecule is N#CC(NC(=O)COc1cccc(Cl)c1)c1ccccc1. The molecule has 4 nitrogen and oxygen atoms in total. The van der Waals surface area contributed by atoms with Crippen LogP contribution in [0.25, 0.3) is 0 Å². The first-order valence-electron chi connectivity index (χ1n) is 6.31. The van der Waals surface area contributed by atoms with Crippen LogP contribution < -0.4 is 10.1 Å². The van der Waals surface area contributed by atoms with Crippen molar-refractivity contribution in [3.63, 3.8) is 0 Å². The zero-order valence-corrected chi connectivity index (χ0v) is 11.9. The molecule has 2 rings (SSSR count). The largest absolute Gasteiger partial charge is 0.484 e. The van der Waals surface area contributed by atoms with Crippen LogP contribution in [0.5, 0.6) is 5.75 Å². The van der Waals surface area contributed by atoms with Gasteiger partial charge in [-0.25, -0.2) is 0 Å². The molecule has 0 aliphatic rings. The van der Waals surface area contributed by atoms with Crippen LogP contribution in [-0.2, 0) is 4.79 Å². The van der Waals surface area contributed by atoms with Crippen LogP contribution in [0, 0.1) is 11.3 Å². The molecule has 0 saturated carbocycles. The van der Waals surface area contributed by atoms with E-state index < -0.39 is 6.04 Å². The quantitative estimate of drug-likeness (QED) is 0.923. The Bertz CT molecular complexity index is 653. The third-order valence-corrected chi connectivity index (χ3v) is 2.97. The maximum absolute atomic E-state index is 11.8. The van der Waals surface area contributed by atoms with Gasteiger partial charge in [-0.2, -0.15) is 5.26 Å². The van der Waals surface area contributed by atoms with Crippen molar-refractivity contribution >= 4 is 17.5 Å². The van der Waals surface area contributed by atoms with Gasteiger partial charge in [0.25, 0.3) is 5.91 Å². The molecule has 0 saturated heterocycles. The number of rotatable bonds is 5. The monoisotopic (exact) mass is 300 g/mol. The maximum Gasteiger partial charge on any atom is 0.259 e. The summed E-state index contributed by atoms with van der Waals surface area (Å²) in [6, 6.07) is 17.2. The van der Waals surface area contributed by atoms with Gasteiger partial charge in [0.15, 0.2) is 6.61 Å². The van der Waals surface area contributed by atoms with E-state index in [2.05, 4.69) is 5.32 Å². The Balaban J connectivity index is 1.91. The van der Waals surface area contributed by atoms with E-state index in [0.29, 0.717) is 10.8 Å². The smallest absolute Gasteiger partial charge is 0.259 e. The van der Waals surface area contributed by atoms with E-state index in [1.807, 2.05) is 24.3 Å². The molecule has 2 aromatic carbocycles. The second-order valence-electron chi connectivity index (χ2n) is 4.29. The first-order chi connectivity index (χ1) is 10.2. The highest BCUT2D eigenvalue weighted by Gasteiger charge is 2.13. The number of hydrogen-bond donors (Lipinski definition) is 1. The summed E-state index contributed by atoms with van der Waals surface area (Å²) < 4.78 is 5.32. The molecule has 0 aliphatic carbocycles. The number of nitriles is 1. The van der Waals surface area contributed by atoms with E-state index in [0.717, 1.165) is 5.56 Å². The Morgan fingerprint density at radius 1 is 1.24 bits per heavy atom. The molecule has 5 heteroatoms. The molecule has 1 unspecified atom stereocenters. The molecule has 1 atom stereocenters. The standard InChI is InChI=1S/C16H13ClN2O2/c17-13-7-4-8-14(9-13)21-11-16(20)19-15(10-18)12-5-2-1-3-6-12/h1-9,15H,11H2,(H,19,20). The summed E-state index contributed by atoms with van der Waals surface area (Å²) in [6.07, 6.45) is 0. The van der Waals surface area contributed by atoms with E-state index >= 15 is 0 Å². The third kappa shape index (κ3) is 4.51. The Morgan fingerprint density at radius 2 is 2.00 bits per heavy atom.